The van der Waals surface area contributed by atoms with E-state index in [2.05, 4.69) is 10.6 Å². The Morgan fingerprint density at radius 2 is 1.74 bits per heavy atom. The lowest BCUT2D eigenvalue weighted by atomic mass is 9.90. The van der Waals surface area contributed by atoms with Gasteiger partial charge >= 0.3 is 12.1 Å². The van der Waals surface area contributed by atoms with Crippen molar-refractivity contribution in [2.75, 3.05) is 18.2 Å². The van der Waals surface area contributed by atoms with Crippen LogP contribution in [-0.2, 0) is 21.2 Å². The number of carbonyl (C=O) groups is 1. The van der Waals surface area contributed by atoms with Crippen molar-refractivity contribution in [3.8, 4) is 0 Å². The van der Waals surface area contributed by atoms with Gasteiger partial charge in [-0.25, -0.2) is 4.79 Å². The quantitative estimate of drug-likeness (QED) is 0.415. The van der Waals surface area contributed by atoms with Crippen LogP contribution in [0.25, 0.3) is 0 Å². The van der Waals surface area contributed by atoms with Crippen LogP contribution in [0, 0.1) is 0 Å². The average Bonchev–Trinajstić information content (AvgIpc) is 2.62. The molecule has 0 aromatic heterocycles. The molecule has 0 aliphatic heterocycles. The first-order chi connectivity index (χ1) is 12.6. The van der Waals surface area contributed by atoms with Crippen LogP contribution in [0.2, 0.25) is 0 Å². The summed E-state index contributed by atoms with van der Waals surface area (Å²) in [6, 6.07) is 11.2. The summed E-state index contributed by atoms with van der Waals surface area (Å²) < 4.78 is 43.9. The predicted molar refractivity (Wildman–Crippen MR) is 101 cm³/mol. The Hall–Kier alpha value is -2.81. The average molecular weight is 397 g/mol. The molecule has 0 fully saturated rings. The van der Waals surface area contributed by atoms with E-state index in [0.717, 1.165) is 19.2 Å². The topological polar surface area (TPSA) is 76.4 Å². The zero-order valence-corrected chi connectivity index (χ0v) is 15.4. The number of nitrogens with one attached hydrogen (secondary N) is 2. The highest BCUT2D eigenvalue weighted by molar-refractivity contribution is 7.80. The third-order valence-electron chi connectivity index (χ3n) is 3.93. The van der Waals surface area contributed by atoms with Crippen LogP contribution in [0.15, 0.2) is 48.5 Å². The molecule has 0 bridgehead atoms. The van der Waals surface area contributed by atoms with Crippen LogP contribution in [0.5, 0.6) is 0 Å². The Balaban J connectivity index is 2.35. The number of rotatable bonds is 4. The fourth-order valence-corrected chi connectivity index (χ4v) is 2.76. The maximum atomic E-state index is 13.0. The molecule has 2 aromatic rings. The molecule has 0 amide bonds. The lowest BCUT2D eigenvalue weighted by Crippen LogP contribution is -2.51. The van der Waals surface area contributed by atoms with Gasteiger partial charge in [0.25, 0.3) is 0 Å². The van der Waals surface area contributed by atoms with Gasteiger partial charge in [0.1, 0.15) is 0 Å². The molecule has 5 nitrogen and oxygen atoms in total. The summed E-state index contributed by atoms with van der Waals surface area (Å²) in [5.74, 6) is -0.799. The van der Waals surface area contributed by atoms with E-state index in [1.165, 1.54) is 19.1 Å². The van der Waals surface area contributed by atoms with Gasteiger partial charge in [-0.05, 0) is 49.0 Å². The van der Waals surface area contributed by atoms with Crippen LogP contribution >= 0.6 is 12.2 Å². The number of para-hydroxylation sites is 2. The van der Waals surface area contributed by atoms with Crippen molar-refractivity contribution in [1.29, 1.82) is 0 Å². The number of carbonyl (C=O) groups excluding carboxylic acids is 1. The lowest BCUT2D eigenvalue weighted by molar-refractivity contribution is -0.148. The minimum atomic E-state index is -4.55. The molecule has 144 valence electrons. The van der Waals surface area contributed by atoms with Crippen LogP contribution in [0.3, 0.4) is 0 Å². The fourth-order valence-electron chi connectivity index (χ4n) is 2.44. The summed E-state index contributed by atoms with van der Waals surface area (Å²) in [6.07, 6.45) is -4.55. The molecular formula is C18H18F3N3O2S. The van der Waals surface area contributed by atoms with Crippen molar-refractivity contribution in [2.45, 2.75) is 18.6 Å². The maximum absolute atomic E-state index is 13.0. The Kier molecular flexibility index (Phi) is 5.94. The van der Waals surface area contributed by atoms with Gasteiger partial charge in [-0.3, -0.25) is 0 Å². The number of halogens is 3. The smallest absolute Gasteiger partial charge is 0.416 e. The van der Waals surface area contributed by atoms with E-state index in [9.17, 15) is 18.0 Å². The Morgan fingerprint density at radius 1 is 1.11 bits per heavy atom. The monoisotopic (exact) mass is 397 g/mol. The third-order valence-corrected chi connectivity index (χ3v) is 4.14. The molecule has 0 aliphatic rings. The zero-order valence-electron chi connectivity index (χ0n) is 14.6. The van der Waals surface area contributed by atoms with Gasteiger partial charge in [-0.2, -0.15) is 13.2 Å². The van der Waals surface area contributed by atoms with Crippen LogP contribution in [0.4, 0.5) is 24.5 Å². The van der Waals surface area contributed by atoms with E-state index in [-0.39, 0.29) is 10.7 Å². The molecule has 1 unspecified atom stereocenters. The van der Waals surface area contributed by atoms with Crippen LogP contribution in [0.1, 0.15) is 18.1 Å². The SMILES string of the molecule is COC(=O)C(C)(NC(=S)Nc1ccccc1N)c1cccc(C(F)(F)F)c1. The summed E-state index contributed by atoms with van der Waals surface area (Å²) in [5, 5.41) is 5.56. The van der Waals surface area contributed by atoms with E-state index in [4.69, 9.17) is 22.7 Å². The number of esters is 1. The Morgan fingerprint density at radius 3 is 2.33 bits per heavy atom. The van der Waals surface area contributed by atoms with E-state index in [0.29, 0.717) is 11.4 Å². The largest absolute Gasteiger partial charge is 0.467 e. The van der Waals surface area contributed by atoms with Crippen LogP contribution in [-0.4, -0.2) is 18.2 Å². The van der Waals surface area contributed by atoms with E-state index >= 15 is 0 Å². The Labute approximate surface area is 159 Å². The highest BCUT2D eigenvalue weighted by Crippen LogP contribution is 2.32. The highest BCUT2D eigenvalue weighted by Gasteiger charge is 2.39. The summed E-state index contributed by atoms with van der Waals surface area (Å²) >= 11 is 5.21. The van der Waals surface area contributed by atoms with Gasteiger partial charge in [0.2, 0.25) is 0 Å². The molecule has 0 radical (unpaired) electrons. The summed E-state index contributed by atoms with van der Waals surface area (Å²) in [7, 11) is 1.14. The molecule has 1 atom stereocenters. The number of benzene rings is 2. The molecule has 0 spiro atoms. The number of hydrogen-bond acceptors (Lipinski definition) is 4. The number of anilines is 2. The van der Waals surface area contributed by atoms with Gasteiger partial charge in [0, 0.05) is 0 Å². The number of methoxy groups -OCH3 is 1. The van der Waals surface area contributed by atoms with Crippen molar-refractivity contribution >= 4 is 34.7 Å². The Bertz CT molecular complexity index is 858. The minimum absolute atomic E-state index is 0.00166. The molecule has 0 aliphatic carbocycles. The molecule has 4 N–H and O–H groups in total. The maximum Gasteiger partial charge on any atom is 0.416 e. The van der Waals surface area contributed by atoms with Crippen molar-refractivity contribution in [1.82, 2.24) is 5.32 Å². The zero-order chi connectivity index (χ0) is 20.2. The van der Waals surface area contributed by atoms with Crippen molar-refractivity contribution in [2.24, 2.45) is 0 Å². The highest BCUT2D eigenvalue weighted by atomic mass is 32.1. The minimum Gasteiger partial charge on any atom is -0.467 e. The van der Waals surface area contributed by atoms with Gasteiger partial charge in [-0.15, -0.1) is 0 Å². The van der Waals surface area contributed by atoms with Crippen LogP contribution < -0.4 is 16.4 Å². The number of hydrogen-bond donors (Lipinski definition) is 3. The van der Waals surface area contributed by atoms with Gasteiger partial charge < -0.3 is 21.1 Å². The number of alkyl halides is 3. The van der Waals surface area contributed by atoms with Crippen molar-refractivity contribution in [3.05, 3.63) is 59.7 Å². The number of nitrogen functional groups attached to an aromatic ring is 1. The third kappa shape index (κ3) is 4.68. The number of thiocarbonyl (C=S) groups is 1. The lowest BCUT2D eigenvalue weighted by Gasteiger charge is -2.30. The molecule has 2 aromatic carbocycles. The summed E-state index contributed by atoms with van der Waals surface area (Å²) in [6.45, 7) is 1.39. The van der Waals surface area contributed by atoms with E-state index in [1.54, 1.807) is 24.3 Å². The summed E-state index contributed by atoms with van der Waals surface area (Å²) in [5.41, 5.74) is 4.26. The molecular weight excluding hydrogens is 379 g/mol. The predicted octanol–water partition coefficient (Wildman–Crippen LogP) is 3.66. The molecule has 9 heteroatoms. The van der Waals surface area contributed by atoms with E-state index in [1.807, 2.05) is 0 Å². The fraction of sp³-hybridized carbons (Fsp3) is 0.222. The van der Waals surface area contributed by atoms with Crippen molar-refractivity contribution in [3.63, 3.8) is 0 Å². The van der Waals surface area contributed by atoms with E-state index < -0.39 is 23.2 Å². The molecule has 0 saturated heterocycles. The number of ether oxygens (including phenoxy) is 1. The molecule has 2 rings (SSSR count). The molecule has 0 heterocycles. The summed E-state index contributed by atoms with van der Waals surface area (Å²) in [4.78, 5) is 12.4. The first-order valence-corrected chi connectivity index (χ1v) is 8.18. The van der Waals surface area contributed by atoms with Gasteiger partial charge in [0.05, 0.1) is 24.0 Å². The first-order valence-electron chi connectivity index (χ1n) is 7.77. The number of nitrogens with two attached hydrogens (primary N) is 1. The second-order valence-electron chi connectivity index (χ2n) is 5.86. The molecule has 0 saturated carbocycles. The first kappa shape index (κ1) is 20.5. The second kappa shape index (κ2) is 7.83. The normalized spacial score (nSPS) is 13.4. The molecule has 27 heavy (non-hydrogen) atoms. The standard InChI is InChI=1S/C18H18F3N3O2S/c1-17(15(25)26-2,11-6-5-7-12(10-11)18(19,20)21)24-16(27)23-14-9-4-3-8-13(14)22/h3-10H,22H2,1-2H3,(H2,23,24,27). The van der Waals surface area contributed by atoms with Gasteiger partial charge in [-0.1, -0.05) is 24.3 Å². The second-order valence-corrected chi connectivity index (χ2v) is 6.27. The van der Waals surface area contributed by atoms with Gasteiger partial charge in [0.15, 0.2) is 10.7 Å². The van der Waals surface area contributed by atoms with Crippen molar-refractivity contribution < 1.29 is 22.7 Å².